The molecule has 2 aliphatic rings. The number of hydrogen-bond donors (Lipinski definition) is 2. The first-order valence-corrected chi connectivity index (χ1v) is 14.6. The number of benzene rings is 3. The fourth-order valence-corrected chi connectivity index (χ4v) is 5.67. The Hall–Kier alpha value is -3.79. The van der Waals surface area contributed by atoms with Crippen molar-refractivity contribution in [2.75, 3.05) is 51.4 Å². The summed E-state index contributed by atoms with van der Waals surface area (Å²) in [6.07, 6.45) is -0.644. The fourth-order valence-electron chi connectivity index (χ4n) is 5.67. The van der Waals surface area contributed by atoms with Crippen LogP contribution in [0.25, 0.3) is 0 Å². The van der Waals surface area contributed by atoms with Crippen LogP contribution in [0.5, 0.6) is 17.2 Å². The number of rotatable bonds is 11. The number of carboxylic acid groups (broad SMARTS) is 1. The Bertz CT molecular complexity index is 1310. The van der Waals surface area contributed by atoms with E-state index >= 15 is 0 Å². The summed E-state index contributed by atoms with van der Waals surface area (Å²) in [5.74, 6) is 1.88. The summed E-state index contributed by atoms with van der Waals surface area (Å²) >= 11 is 0. The minimum Gasteiger partial charge on any atom is -0.490 e. The van der Waals surface area contributed by atoms with Crippen molar-refractivity contribution in [2.24, 2.45) is 0 Å². The van der Waals surface area contributed by atoms with Crippen LogP contribution in [0.4, 0.5) is 10.5 Å². The van der Waals surface area contributed by atoms with Crippen molar-refractivity contribution in [1.29, 1.82) is 0 Å². The molecular formula is C33H40N2O7. The number of fused-ring (bicyclic) bond motifs is 1. The van der Waals surface area contributed by atoms with Gasteiger partial charge in [0.2, 0.25) is 0 Å². The standard InChI is InChI=1S/C33H40N2O7/c1-3-23-5-10-26(11-6-23)42-27-12-8-25(9-13-27)32-29(36)20-35(33(37)38)21-31(32)41-22-24-7-14-30-28(19-24)34(16-18-40-30)15-4-17-39-2/h5-14,19,29,31-32,36H,3-4,15-18,20-22H2,1-2H3,(H,37,38)/t29-,31+,32+/m1/s1. The fraction of sp³-hybridized carbons (Fsp3) is 0.424. The van der Waals surface area contributed by atoms with Gasteiger partial charge in [-0.15, -0.1) is 0 Å². The smallest absolute Gasteiger partial charge is 0.407 e. The number of nitrogens with zero attached hydrogens (tertiary/aromatic N) is 2. The predicted molar refractivity (Wildman–Crippen MR) is 160 cm³/mol. The van der Waals surface area contributed by atoms with E-state index in [4.69, 9.17) is 18.9 Å². The molecule has 9 nitrogen and oxygen atoms in total. The first kappa shape index (κ1) is 29.7. The average Bonchev–Trinajstić information content (AvgIpc) is 3.01. The van der Waals surface area contributed by atoms with Crippen molar-refractivity contribution in [3.05, 3.63) is 83.4 Å². The minimum absolute atomic E-state index is 0.0223. The highest BCUT2D eigenvalue weighted by Gasteiger charge is 2.39. The lowest BCUT2D eigenvalue weighted by Crippen LogP contribution is -2.53. The molecule has 224 valence electrons. The SMILES string of the molecule is CCc1ccc(Oc2ccc([C@H]3[C@H](O)CN(C(=O)O)C[C@@H]3OCc3ccc4c(c3)N(CCCOC)CCO4)cc2)cc1. The molecule has 42 heavy (non-hydrogen) atoms. The third-order valence-electron chi connectivity index (χ3n) is 7.95. The molecule has 5 rings (SSSR count). The van der Waals surface area contributed by atoms with Gasteiger partial charge in [-0.2, -0.15) is 0 Å². The lowest BCUT2D eigenvalue weighted by Gasteiger charge is -2.40. The molecule has 0 unspecified atom stereocenters. The number of amides is 1. The highest BCUT2D eigenvalue weighted by molar-refractivity contribution is 5.65. The Morgan fingerprint density at radius 1 is 1.00 bits per heavy atom. The number of aliphatic hydroxyl groups is 1. The van der Waals surface area contributed by atoms with Crippen LogP contribution in [-0.2, 0) is 22.5 Å². The van der Waals surface area contributed by atoms with Crippen molar-refractivity contribution in [3.63, 3.8) is 0 Å². The van der Waals surface area contributed by atoms with Gasteiger partial charge in [-0.25, -0.2) is 4.79 Å². The molecule has 1 amide bonds. The van der Waals surface area contributed by atoms with Crippen LogP contribution in [0.3, 0.4) is 0 Å². The largest absolute Gasteiger partial charge is 0.490 e. The zero-order valence-corrected chi connectivity index (χ0v) is 24.3. The van der Waals surface area contributed by atoms with Crippen molar-refractivity contribution < 1.29 is 34.0 Å². The first-order valence-electron chi connectivity index (χ1n) is 14.6. The molecule has 3 aromatic rings. The van der Waals surface area contributed by atoms with Gasteiger partial charge in [0.25, 0.3) is 0 Å². The molecule has 0 aliphatic carbocycles. The molecule has 1 fully saturated rings. The summed E-state index contributed by atoms with van der Waals surface area (Å²) in [5, 5.41) is 20.8. The minimum atomic E-state index is -1.07. The Kier molecular flexibility index (Phi) is 9.84. The molecule has 9 heteroatoms. The van der Waals surface area contributed by atoms with Gasteiger partial charge in [-0.3, -0.25) is 0 Å². The molecule has 0 aromatic heterocycles. The highest BCUT2D eigenvalue weighted by Crippen LogP contribution is 2.35. The van der Waals surface area contributed by atoms with Gasteiger partial charge < -0.3 is 39.0 Å². The van der Waals surface area contributed by atoms with E-state index in [1.165, 1.54) is 10.5 Å². The van der Waals surface area contributed by atoms with E-state index in [0.717, 1.165) is 54.2 Å². The molecule has 3 aromatic carbocycles. The van der Waals surface area contributed by atoms with Crippen LogP contribution in [0.15, 0.2) is 66.7 Å². The maximum absolute atomic E-state index is 11.8. The Morgan fingerprint density at radius 3 is 2.40 bits per heavy atom. The number of likely N-dealkylation sites (tertiary alicyclic amines) is 1. The van der Waals surface area contributed by atoms with Crippen LogP contribution in [0, 0.1) is 0 Å². The van der Waals surface area contributed by atoms with Crippen molar-refractivity contribution in [1.82, 2.24) is 4.90 Å². The van der Waals surface area contributed by atoms with Gasteiger partial charge >= 0.3 is 6.09 Å². The summed E-state index contributed by atoms with van der Waals surface area (Å²) in [6.45, 7) is 5.57. The molecule has 3 atom stereocenters. The summed E-state index contributed by atoms with van der Waals surface area (Å²) in [6, 6.07) is 21.6. The molecule has 2 aliphatic heterocycles. The second-order valence-corrected chi connectivity index (χ2v) is 10.8. The monoisotopic (exact) mass is 576 g/mol. The molecule has 0 saturated carbocycles. The molecule has 0 spiro atoms. The van der Waals surface area contributed by atoms with Crippen LogP contribution >= 0.6 is 0 Å². The number of hydrogen-bond acceptors (Lipinski definition) is 7. The van der Waals surface area contributed by atoms with Gasteiger partial charge in [-0.1, -0.05) is 37.3 Å². The lowest BCUT2D eigenvalue weighted by atomic mass is 9.84. The number of methoxy groups -OCH3 is 1. The molecule has 2 heterocycles. The van der Waals surface area contributed by atoms with Crippen LogP contribution < -0.4 is 14.4 Å². The summed E-state index contributed by atoms with van der Waals surface area (Å²) in [5.41, 5.74) is 4.09. The van der Waals surface area contributed by atoms with Gasteiger partial charge in [0, 0.05) is 26.2 Å². The number of carbonyl (C=O) groups is 1. The highest BCUT2D eigenvalue weighted by atomic mass is 16.5. The number of ether oxygens (including phenoxy) is 4. The number of β-amino-alcohol motifs (C(OH)–C–C–N with tert-alkyl or cyclic N) is 1. The average molecular weight is 577 g/mol. The zero-order chi connectivity index (χ0) is 29.5. The van der Waals surface area contributed by atoms with E-state index < -0.39 is 24.2 Å². The van der Waals surface area contributed by atoms with Gasteiger partial charge in [0.05, 0.1) is 44.1 Å². The van der Waals surface area contributed by atoms with Gasteiger partial charge in [0.15, 0.2) is 0 Å². The van der Waals surface area contributed by atoms with Crippen molar-refractivity contribution >= 4 is 11.8 Å². The number of aryl methyl sites for hydroxylation is 1. The van der Waals surface area contributed by atoms with Crippen molar-refractivity contribution in [3.8, 4) is 17.2 Å². The second-order valence-electron chi connectivity index (χ2n) is 10.8. The third kappa shape index (κ3) is 7.15. The zero-order valence-electron chi connectivity index (χ0n) is 24.3. The Morgan fingerprint density at radius 2 is 1.71 bits per heavy atom. The molecule has 1 saturated heterocycles. The number of aliphatic hydroxyl groups excluding tert-OH is 1. The van der Waals surface area contributed by atoms with E-state index in [9.17, 15) is 15.0 Å². The van der Waals surface area contributed by atoms with Crippen LogP contribution in [-0.4, -0.2) is 79.9 Å². The molecular weight excluding hydrogens is 536 g/mol. The normalized spacial score (nSPS) is 20.1. The van der Waals surface area contributed by atoms with E-state index in [1.807, 2.05) is 60.7 Å². The van der Waals surface area contributed by atoms with E-state index in [1.54, 1.807) is 7.11 Å². The summed E-state index contributed by atoms with van der Waals surface area (Å²) < 4.78 is 23.5. The first-order chi connectivity index (χ1) is 20.4. The topological polar surface area (TPSA) is 101 Å². The Balaban J connectivity index is 1.30. The maximum Gasteiger partial charge on any atom is 0.407 e. The number of piperidine rings is 1. The number of anilines is 1. The van der Waals surface area contributed by atoms with Gasteiger partial charge in [-0.05, 0) is 65.9 Å². The predicted octanol–water partition coefficient (Wildman–Crippen LogP) is 5.30. The molecule has 2 N–H and O–H groups in total. The quantitative estimate of drug-likeness (QED) is 0.297. The van der Waals surface area contributed by atoms with Crippen LogP contribution in [0.2, 0.25) is 0 Å². The van der Waals surface area contributed by atoms with E-state index in [-0.39, 0.29) is 19.7 Å². The van der Waals surface area contributed by atoms with E-state index in [2.05, 4.69) is 17.9 Å². The summed E-state index contributed by atoms with van der Waals surface area (Å²) in [7, 11) is 1.71. The van der Waals surface area contributed by atoms with Crippen LogP contribution in [0.1, 0.15) is 36.0 Å². The van der Waals surface area contributed by atoms with E-state index in [0.29, 0.717) is 19.0 Å². The lowest BCUT2D eigenvalue weighted by molar-refractivity contribution is -0.0660. The molecule has 0 bridgehead atoms. The molecule has 0 radical (unpaired) electrons. The maximum atomic E-state index is 11.8. The third-order valence-corrected chi connectivity index (χ3v) is 7.95. The summed E-state index contributed by atoms with van der Waals surface area (Å²) in [4.78, 5) is 15.4. The van der Waals surface area contributed by atoms with Crippen molar-refractivity contribution in [2.45, 2.75) is 44.5 Å². The van der Waals surface area contributed by atoms with Gasteiger partial charge in [0.1, 0.15) is 23.9 Å². The second kappa shape index (κ2) is 13.9. The Labute approximate surface area is 247 Å².